The van der Waals surface area contributed by atoms with Crippen LogP contribution in [-0.4, -0.2) is 37.4 Å². The van der Waals surface area contributed by atoms with Crippen LogP contribution in [0.25, 0.3) is 0 Å². The van der Waals surface area contributed by atoms with Gasteiger partial charge in [0.1, 0.15) is 0 Å². The predicted octanol–water partition coefficient (Wildman–Crippen LogP) is 1.16. The van der Waals surface area contributed by atoms with Gasteiger partial charge in [0.05, 0.1) is 0 Å². The zero-order chi connectivity index (χ0) is 12.0. The van der Waals surface area contributed by atoms with Crippen molar-refractivity contribution in [3.05, 3.63) is 0 Å². The molecule has 2 amide bonds. The lowest BCUT2D eigenvalue weighted by Gasteiger charge is -2.16. The molecule has 0 radical (unpaired) electrons. The Bertz CT molecular complexity index is 249. The molecule has 1 saturated carbocycles. The maximum atomic E-state index is 11.6. The van der Waals surface area contributed by atoms with Crippen LogP contribution < -0.4 is 5.32 Å². The Balaban J connectivity index is 2.02. The van der Waals surface area contributed by atoms with Crippen molar-refractivity contribution in [3.63, 3.8) is 0 Å². The van der Waals surface area contributed by atoms with E-state index in [0.717, 1.165) is 19.4 Å². The second-order valence-electron chi connectivity index (χ2n) is 4.59. The molecule has 92 valence electrons. The van der Waals surface area contributed by atoms with E-state index in [2.05, 4.69) is 5.32 Å². The van der Waals surface area contributed by atoms with Crippen LogP contribution in [0.5, 0.6) is 0 Å². The Morgan fingerprint density at radius 2 is 2.00 bits per heavy atom. The van der Waals surface area contributed by atoms with Crippen LogP contribution in [0, 0.1) is 5.92 Å². The smallest absolute Gasteiger partial charge is 0.222 e. The van der Waals surface area contributed by atoms with Gasteiger partial charge in [-0.3, -0.25) is 9.59 Å². The summed E-state index contributed by atoms with van der Waals surface area (Å²) in [6.07, 6.45) is 5.46. The number of hydrogen-bond donors (Lipinski definition) is 1. The minimum Gasteiger partial charge on any atom is -0.359 e. The molecule has 1 aliphatic rings. The van der Waals surface area contributed by atoms with Crippen molar-refractivity contribution in [1.82, 2.24) is 10.2 Å². The predicted molar refractivity (Wildman–Crippen MR) is 62.9 cm³/mol. The first-order chi connectivity index (χ1) is 7.63. The molecule has 1 rings (SSSR count). The fraction of sp³-hybridized carbons (Fsp3) is 0.833. The van der Waals surface area contributed by atoms with Gasteiger partial charge in [-0.15, -0.1) is 0 Å². The molecular formula is C12H22N2O2. The van der Waals surface area contributed by atoms with E-state index in [1.165, 1.54) is 12.8 Å². The van der Waals surface area contributed by atoms with E-state index < -0.39 is 0 Å². The Morgan fingerprint density at radius 1 is 1.31 bits per heavy atom. The Morgan fingerprint density at radius 3 is 2.56 bits per heavy atom. The number of amides is 2. The quantitative estimate of drug-likeness (QED) is 0.662. The van der Waals surface area contributed by atoms with Gasteiger partial charge in [0.15, 0.2) is 0 Å². The van der Waals surface area contributed by atoms with Gasteiger partial charge >= 0.3 is 0 Å². The lowest BCUT2D eigenvalue weighted by atomic mass is 10.2. The number of unbranched alkanes of at least 4 members (excludes halogenated alkanes) is 1. The number of carbonyl (C=O) groups is 2. The molecule has 4 heteroatoms. The molecule has 1 aliphatic carbocycles. The second kappa shape index (κ2) is 6.51. The SMILES string of the molecule is CNC(=O)CCCCN(C)C(=O)CC1CC1. The molecule has 0 aliphatic heterocycles. The van der Waals surface area contributed by atoms with Gasteiger partial charge in [-0.2, -0.15) is 0 Å². The summed E-state index contributed by atoms with van der Waals surface area (Å²) in [6.45, 7) is 0.766. The van der Waals surface area contributed by atoms with Gasteiger partial charge in [-0.1, -0.05) is 0 Å². The van der Waals surface area contributed by atoms with Crippen molar-refractivity contribution in [2.45, 2.75) is 38.5 Å². The summed E-state index contributed by atoms with van der Waals surface area (Å²) in [6, 6.07) is 0. The molecule has 0 unspecified atom stereocenters. The van der Waals surface area contributed by atoms with Crippen LogP contribution in [0.2, 0.25) is 0 Å². The zero-order valence-corrected chi connectivity index (χ0v) is 10.3. The minimum atomic E-state index is 0.0759. The fourth-order valence-corrected chi connectivity index (χ4v) is 1.61. The highest BCUT2D eigenvalue weighted by Gasteiger charge is 2.25. The summed E-state index contributed by atoms with van der Waals surface area (Å²) in [4.78, 5) is 24.4. The van der Waals surface area contributed by atoms with Gasteiger partial charge in [-0.05, 0) is 31.6 Å². The van der Waals surface area contributed by atoms with Crippen molar-refractivity contribution in [1.29, 1.82) is 0 Å². The van der Waals surface area contributed by atoms with E-state index in [-0.39, 0.29) is 11.8 Å². The lowest BCUT2D eigenvalue weighted by molar-refractivity contribution is -0.130. The van der Waals surface area contributed by atoms with Crippen molar-refractivity contribution in [3.8, 4) is 0 Å². The molecule has 0 aromatic rings. The first kappa shape index (κ1) is 13.0. The summed E-state index contributed by atoms with van der Waals surface area (Å²) in [5, 5.41) is 2.59. The van der Waals surface area contributed by atoms with Crippen LogP contribution in [0.3, 0.4) is 0 Å². The minimum absolute atomic E-state index is 0.0759. The van der Waals surface area contributed by atoms with Crippen molar-refractivity contribution in [2.75, 3.05) is 20.6 Å². The first-order valence-electron chi connectivity index (χ1n) is 6.08. The highest BCUT2D eigenvalue weighted by atomic mass is 16.2. The molecule has 0 aromatic heterocycles. The Labute approximate surface area is 97.4 Å². The lowest BCUT2D eigenvalue weighted by Crippen LogP contribution is -2.28. The number of rotatable bonds is 7. The molecule has 1 fully saturated rings. The molecule has 1 N–H and O–H groups in total. The third kappa shape index (κ3) is 5.14. The summed E-state index contributed by atoms with van der Waals surface area (Å²) in [7, 11) is 3.50. The van der Waals surface area contributed by atoms with E-state index in [9.17, 15) is 9.59 Å². The standard InChI is InChI=1S/C12H22N2O2/c1-13-11(15)5-3-4-8-14(2)12(16)9-10-6-7-10/h10H,3-9H2,1-2H3,(H,13,15). The monoisotopic (exact) mass is 226 g/mol. The topological polar surface area (TPSA) is 49.4 Å². The third-order valence-corrected chi connectivity index (χ3v) is 3.01. The Hall–Kier alpha value is -1.06. The van der Waals surface area contributed by atoms with Crippen molar-refractivity contribution in [2.24, 2.45) is 5.92 Å². The first-order valence-corrected chi connectivity index (χ1v) is 6.08. The van der Waals surface area contributed by atoms with Crippen molar-refractivity contribution < 1.29 is 9.59 Å². The normalized spacial score (nSPS) is 14.6. The van der Waals surface area contributed by atoms with Crippen LogP contribution in [0.15, 0.2) is 0 Å². The maximum Gasteiger partial charge on any atom is 0.222 e. The van der Waals surface area contributed by atoms with Gasteiger partial charge in [0.25, 0.3) is 0 Å². The molecule has 0 aromatic carbocycles. The van der Waals surface area contributed by atoms with Crippen LogP contribution in [0.1, 0.15) is 38.5 Å². The highest BCUT2D eigenvalue weighted by molar-refractivity contribution is 5.76. The van der Waals surface area contributed by atoms with Crippen LogP contribution in [0.4, 0.5) is 0 Å². The van der Waals surface area contributed by atoms with E-state index in [1.807, 2.05) is 7.05 Å². The van der Waals surface area contributed by atoms with Gasteiger partial charge in [-0.25, -0.2) is 0 Å². The zero-order valence-electron chi connectivity index (χ0n) is 10.3. The number of nitrogens with zero attached hydrogens (tertiary/aromatic N) is 1. The van der Waals surface area contributed by atoms with E-state index in [0.29, 0.717) is 18.8 Å². The fourth-order valence-electron chi connectivity index (χ4n) is 1.61. The summed E-state index contributed by atoms with van der Waals surface area (Å²) >= 11 is 0. The summed E-state index contributed by atoms with van der Waals surface area (Å²) in [5.74, 6) is 0.982. The molecule has 16 heavy (non-hydrogen) atoms. The Kier molecular flexibility index (Phi) is 5.29. The maximum absolute atomic E-state index is 11.6. The average Bonchev–Trinajstić information content (AvgIpc) is 3.07. The van der Waals surface area contributed by atoms with Crippen LogP contribution >= 0.6 is 0 Å². The summed E-state index contributed by atoms with van der Waals surface area (Å²) < 4.78 is 0. The highest BCUT2D eigenvalue weighted by Crippen LogP contribution is 2.32. The number of carbonyl (C=O) groups excluding carboxylic acids is 2. The second-order valence-corrected chi connectivity index (χ2v) is 4.59. The molecule has 0 saturated heterocycles. The van der Waals surface area contributed by atoms with E-state index in [4.69, 9.17) is 0 Å². The van der Waals surface area contributed by atoms with E-state index >= 15 is 0 Å². The van der Waals surface area contributed by atoms with E-state index in [1.54, 1.807) is 11.9 Å². The summed E-state index contributed by atoms with van der Waals surface area (Å²) in [5.41, 5.74) is 0. The molecule has 0 spiro atoms. The van der Waals surface area contributed by atoms with Crippen molar-refractivity contribution >= 4 is 11.8 Å². The van der Waals surface area contributed by atoms with Gasteiger partial charge < -0.3 is 10.2 Å². The average molecular weight is 226 g/mol. The van der Waals surface area contributed by atoms with Gasteiger partial charge in [0, 0.05) is 33.5 Å². The van der Waals surface area contributed by atoms with Gasteiger partial charge in [0.2, 0.25) is 11.8 Å². The molecule has 4 nitrogen and oxygen atoms in total. The largest absolute Gasteiger partial charge is 0.359 e. The molecular weight excluding hydrogens is 204 g/mol. The number of nitrogens with one attached hydrogen (secondary N) is 1. The number of hydrogen-bond acceptors (Lipinski definition) is 2. The molecule has 0 atom stereocenters. The molecule has 0 bridgehead atoms. The van der Waals surface area contributed by atoms with Crippen LogP contribution in [-0.2, 0) is 9.59 Å². The third-order valence-electron chi connectivity index (χ3n) is 3.01. The molecule has 0 heterocycles.